The fourth-order valence-electron chi connectivity index (χ4n) is 2.38. The zero-order valence-corrected chi connectivity index (χ0v) is 15.3. The predicted octanol–water partition coefficient (Wildman–Crippen LogP) is 4.09. The van der Waals surface area contributed by atoms with Crippen molar-refractivity contribution in [1.82, 2.24) is 4.98 Å². The Bertz CT molecular complexity index is 864. The fraction of sp³-hybridized carbons (Fsp3) is 0.158. The van der Waals surface area contributed by atoms with Crippen molar-refractivity contribution < 1.29 is 14.3 Å². The van der Waals surface area contributed by atoms with Crippen molar-refractivity contribution in [2.45, 2.75) is 6.42 Å². The highest BCUT2D eigenvalue weighted by Gasteiger charge is 2.07. The van der Waals surface area contributed by atoms with Gasteiger partial charge in [-0.3, -0.25) is 4.79 Å². The Labute approximate surface area is 155 Å². The first-order chi connectivity index (χ1) is 12.7. The van der Waals surface area contributed by atoms with Gasteiger partial charge < -0.3 is 20.1 Å². The highest BCUT2D eigenvalue weighted by Crippen LogP contribution is 2.31. The molecule has 26 heavy (non-hydrogen) atoms. The van der Waals surface area contributed by atoms with Crippen molar-refractivity contribution in [3.05, 3.63) is 58.9 Å². The van der Waals surface area contributed by atoms with Crippen LogP contribution in [0.2, 0.25) is 0 Å². The van der Waals surface area contributed by atoms with Gasteiger partial charge in [-0.2, -0.15) is 0 Å². The zero-order chi connectivity index (χ0) is 18.4. The lowest BCUT2D eigenvalue weighted by Gasteiger charge is -2.11. The minimum absolute atomic E-state index is 0.0828. The number of aromatic nitrogens is 1. The summed E-state index contributed by atoms with van der Waals surface area (Å²) in [5.74, 6) is 1.74. The number of thiophene rings is 1. The van der Waals surface area contributed by atoms with Crippen molar-refractivity contribution >= 4 is 34.4 Å². The lowest BCUT2D eigenvalue weighted by Crippen LogP contribution is -2.14. The molecule has 2 heterocycles. The number of nitrogens with one attached hydrogen (secondary N) is 2. The quantitative estimate of drug-likeness (QED) is 0.656. The molecule has 0 atom stereocenters. The second kappa shape index (κ2) is 8.35. The molecule has 0 saturated heterocycles. The van der Waals surface area contributed by atoms with E-state index in [1.165, 1.54) is 0 Å². The average Bonchev–Trinajstić information content (AvgIpc) is 3.16. The van der Waals surface area contributed by atoms with E-state index in [0.717, 1.165) is 16.3 Å². The van der Waals surface area contributed by atoms with Crippen LogP contribution in [0.4, 0.5) is 17.2 Å². The van der Waals surface area contributed by atoms with Gasteiger partial charge >= 0.3 is 0 Å². The van der Waals surface area contributed by atoms with Crippen molar-refractivity contribution in [2.24, 2.45) is 0 Å². The highest BCUT2D eigenvalue weighted by atomic mass is 32.1. The Morgan fingerprint density at radius 2 is 1.88 bits per heavy atom. The summed E-state index contributed by atoms with van der Waals surface area (Å²) in [5, 5.41) is 7.99. The molecule has 0 fully saturated rings. The fourth-order valence-corrected chi connectivity index (χ4v) is 3.08. The maximum absolute atomic E-state index is 12.0. The normalized spacial score (nSPS) is 10.2. The summed E-state index contributed by atoms with van der Waals surface area (Å²) in [7, 11) is 3.19. The Hall–Kier alpha value is -3.06. The number of carbonyl (C=O) groups is 1. The molecule has 1 amide bonds. The molecule has 0 aliphatic carbocycles. The number of anilines is 3. The second-order valence-electron chi connectivity index (χ2n) is 5.43. The van der Waals surface area contributed by atoms with Crippen molar-refractivity contribution in [3.8, 4) is 11.5 Å². The molecule has 3 rings (SSSR count). The molecule has 1 aromatic carbocycles. The van der Waals surface area contributed by atoms with Gasteiger partial charge in [-0.25, -0.2) is 4.98 Å². The number of hydrogen-bond donors (Lipinski definition) is 2. The Morgan fingerprint density at radius 3 is 2.54 bits per heavy atom. The van der Waals surface area contributed by atoms with Crippen LogP contribution >= 0.6 is 11.3 Å². The molecule has 0 saturated carbocycles. The van der Waals surface area contributed by atoms with E-state index in [0.29, 0.717) is 23.7 Å². The van der Waals surface area contributed by atoms with E-state index in [9.17, 15) is 4.79 Å². The maximum atomic E-state index is 12.0. The molecule has 0 spiro atoms. The summed E-state index contributed by atoms with van der Waals surface area (Å²) in [4.78, 5) is 17.3. The maximum Gasteiger partial charge on any atom is 0.230 e. The van der Waals surface area contributed by atoms with E-state index in [1.807, 2.05) is 41.8 Å². The van der Waals surface area contributed by atoms with Gasteiger partial charge in [0.2, 0.25) is 5.91 Å². The van der Waals surface area contributed by atoms with E-state index >= 15 is 0 Å². The summed E-state index contributed by atoms with van der Waals surface area (Å²) >= 11 is 1.56. The van der Waals surface area contributed by atoms with Crippen LogP contribution in [0.3, 0.4) is 0 Å². The standard InChI is InChI=1S/C19H19N3O3S/c1-24-16-7-5-13(10-17(16)25-2)21-14-6-8-18(20-12-14)22-19(23)11-15-4-3-9-26-15/h3-10,12,21H,11H2,1-2H3,(H,20,22,23). The van der Waals surface area contributed by atoms with Gasteiger partial charge in [-0.1, -0.05) is 6.07 Å². The summed E-state index contributed by atoms with van der Waals surface area (Å²) in [6.07, 6.45) is 2.02. The van der Waals surface area contributed by atoms with Crippen LogP contribution in [0.1, 0.15) is 4.88 Å². The van der Waals surface area contributed by atoms with Crippen LogP contribution < -0.4 is 20.1 Å². The number of pyridine rings is 1. The number of ether oxygens (including phenoxy) is 2. The van der Waals surface area contributed by atoms with Gasteiger partial charge in [0.25, 0.3) is 0 Å². The van der Waals surface area contributed by atoms with Crippen LogP contribution in [0.25, 0.3) is 0 Å². The third kappa shape index (κ3) is 4.52. The SMILES string of the molecule is COc1ccc(Nc2ccc(NC(=O)Cc3cccs3)nc2)cc1OC. The number of methoxy groups -OCH3 is 2. The lowest BCUT2D eigenvalue weighted by molar-refractivity contribution is -0.115. The molecule has 0 aliphatic rings. The lowest BCUT2D eigenvalue weighted by atomic mass is 10.2. The van der Waals surface area contributed by atoms with Crippen LogP contribution in [0, 0.1) is 0 Å². The van der Waals surface area contributed by atoms with E-state index in [-0.39, 0.29) is 5.91 Å². The van der Waals surface area contributed by atoms with E-state index in [2.05, 4.69) is 15.6 Å². The first-order valence-electron chi connectivity index (χ1n) is 7.95. The van der Waals surface area contributed by atoms with Gasteiger partial charge in [0, 0.05) is 16.6 Å². The number of rotatable bonds is 7. The molecule has 0 aliphatic heterocycles. The zero-order valence-electron chi connectivity index (χ0n) is 14.5. The Balaban J connectivity index is 1.61. The van der Waals surface area contributed by atoms with Crippen molar-refractivity contribution in [3.63, 3.8) is 0 Å². The molecule has 3 aromatic rings. The summed E-state index contributed by atoms with van der Waals surface area (Å²) in [6.45, 7) is 0. The molecule has 6 nitrogen and oxygen atoms in total. The number of hydrogen-bond acceptors (Lipinski definition) is 6. The van der Waals surface area contributed by atoms with Crippen LogP contribution in [0.15, 0.2) is 54.0 Å². The minimum atomic E-state index is -0.0828. The summed E-state index contributed by atoms with van der Waals surface area (Å²) in [5.41, 5.74) is 1.65. The van der Waals surface area contributed by atoms with Gasteiger partial charge in [0.05, 0.1) is 32.5 Å². The second-order valence-corrected chi connectivity index (χ2v) is 6.46. The van der Waals surface area contributed by atoms with Crippen LogP contribution in [-0.4, -0.2) is 25.1 Å². The first kappa shape index (κ1) is 17.8. The van der Waals surface area contributed by atoms with E-state index in [1.54, 1.807) is 37.8 Å². The Kier molecular flexibility index (Phi) is 5.70. The number of benzene rings is 1. The highest BCUT2D eigenvalue weighted by molar-refractivity contribution is 7.10. The summed E-state index contributed by atoms with van der Waals surface area (Å²) < 4.78 is 10.5. The number of amides is 1. The monoisotopic (exact) mass is 369 g/mol. The molecule has 0 radical (unpaired) electrons. The molecular formula is C19H19N3O3S. The third-order valence-electron chi connectivity index (χ3n) is 3.62. The molecule has 134 valence electrons. The molecule has 2 N–H and O–H groups in total. The molecular weight excluding hydrogens is 350 g/mol. The average molecular weight is 369 g/mol. The predicted molar refractivity (Wildman–Crippen MR) is 104 cm³/mol. The third-order valence-corrected chi connectivity index (χ3v) is 4.49. The van der Waals surface area contributed by atoms with Gasteiger partial charge in [-0.15, -0.1) is 11.3 Å². The van der Waals surface area contributed by atoms with E-state index < -0.39 is 0 Å². The van der Waals surface area contributed by atoms with Crippen molar-refractivity contribution in [1.29, 1.82) is 0 Å². The molecule has 7 heteroatoms. The summed E-state index contributed by atoms with van der Waals surface area (Å²) in [6, 6.07) is 13.0. The van der Waals surface area contributed by atoms with Crippen LogP contribution in [0.5, 0.6) is 11.5 Å². The topological polar surface area (TPSA) is 72.5 Å². The number of carbonyl (C=O) groups excluding carboxylic acids is 1. The smallest absolute Gasteiger partial charge is 0.230 e. The largest absolute Gasteiger partial charge is 0.493 e. The Morgan fingerprint density at radius 1 is 1.08 bits per heavy atom. The van der Waals surface area contributed by atoms with Crippen molar-refractivity contribution in [2.75, 3.05) is 24.9 Å². The minimum Gasteiger partial charge on any atom is -0.493 e. The molecule has 2 aromatic heterocycles. The first-order valence-corrected chi connectivity index (χ1v) is 8.83. The molecule has 0 unspecified atom stereocenters. The van der Waals surface area contributed by atoms with Gasteiger partial charge in [0.1, 0.15) is 5.82 Å². The number of nitrogens with zero attached hydrogens (tertiary/aromatic N) is 1. The van der Waals surface area contributed by atoms with Gasteiger partial charge in [-0.05, 0) is 35.7 Å². The van der Waals surface area contributed by atoms with Crippen LogP contribution in [-0.2, 0) is 11.2 Å². The van der Waals surface area contributed by atoms with E-state index in [4.69, 9.17) is 9.47 Å². The molecule has 0 bridgehead atoms. The van der Waals surface area contributed by atoms with Gasteiger partial charge in [0.15, 0.2) is 11.5 Å².